The molecule has 1 aromatic carbocycles. The number of anilines is 1. The lowest BCUT2D eigenvalue weighted by molar-refractivity contribution is 0.0594. The molecule has 0 unspecified atom stereocenters. The van der Waals surface area contributed by atoms with Crippen LogP contribution in [0.5, 0.6) is 5.75 Å². The van der Waals surface area contributed by atoms with Crippen molar-refractivity contribution in [3.05, 3.63) is 50.8 Å². The molecule has 0 aliphatic carbocycles. The molecule has 2 N–H and O–H groups in total. The van der Waals surface area contributed by atoms with E-state index in [9.17, 15) is 14.4 Å². The van der Waals surface area contributed by atoms with E-state index in [0.29, 0.717) is 21.5 Å². The van der Waals surface area contributed by atoms with Crippen molar-refractivity contribution in [2.45, 2.75) is 6.92 Å². The molecule has 0 saturated heterocycles. The highest BCUT2D eigenvalue weighted by Crippen LogP contribution is 2.23. The number of benzene rings is 1. The fourth-order valence-electron chi connectivity index (χ4n) is 2.39. The standard InChI is InChI=1S/C17H15N3O5S/c1-8-13(16(23)25-3)19-17(26-8)20-15(22)11-7-18-12-5-4-9(24-2)6-10(12)14(11)21/h4-7H,1-3H3,(H,18,21)(H,19,20,22). The normalized spacial score (nSPS) is 10.6. The van der Waals surface area contributed by atoms with E-state index in [1.165, 1.54) is 20.4 Å². The number of aryl methyl sites for hydroxylation is 1. The van der Waals surface area contributed by atoms with Gasteiger partial charge in [0.2, 0.25) is 5.43 Å². The van der Waals surface area contributed by atoms with E-state index in [1.54, 1.807) is 25.1 Å². The molecule has 0 atom stereocenters. The van der Waals surface area contributed by atoms with Crippen LogP contribution in [0, 0.1) is 6.92 Å². The number of esters is 1. The Labute approximate surface area is 151 Å². The highest BCUT2D eigenvalue weighted by atomic mass is 32.1. The second-order valence-electron chi connectivity index (χ2n) is 5.31. The first kappa shape index (κ1) is 17.6. The average molecular weight is 373 g/mol. The lowest BCUT2D eigenvalue weighted by Gasteiger charge is -2.05. The van der Waals surface area contributed by atoms with Crippen molar-refractivity contribution in [3.63, 3.8) is 0 Å². The first-order chi connectivity index (χ1) is 12.4. The number of H-pyrrole nitrogens is 1. The van der Waals surface area contributed by atoms with Gasteiger partial charge >= 0.3 is 5.97 Å². The lowest BCUT2D eigenvalue weighted by atomic mass is 10.1. The molecule has 2 heterocycles. The van der Waals surface area contributed by atoms with Crippen molar-refractivity contribution < 1.29 is 19.1 Å². The molecular formula is C17H15N3O5S. The summed E-state index contributed by atoms with van der Waals surface area (Å²) in [5.41, 5.74) is 0.213. The van der Waals surface area contributed by atoms with Crippen LogP contribution in [-0.4, -0.2) is 36.1 Å². The molecule has 0 bridgehead atoms. The highest BCUT2D eigenvalue weighted by Gasteiger charge is 2.19. The number of pyridine rings is 1. The van der Waals surface area contributed by atoms with Gasteiger partial charge < -0.3 is 14.5 Å². The maximum absolute atomic E-state index is 12.6. The number of ether oxygens (including phenoxy) is 2. The van der Waals surface area contributed by atoms with Crippen LogP contribution in [-0.2, 0) is 4.74 Å². The fraction of sp³-hybridized carbons (Fsp3) is 0.176. The minimum atomic E-state index is -0.624. The number of methoxy groups -OCH3 is 2. The number of nitrogens with zero attached hydrogens (tertiary/aromatic N) is 1. The van der Waals surface area contributed by atoms with Gasteiger partial charge in [-0.15, -0.1) is 11.3 Å². The summed E-state index contributed by atoms with van der Waals surface area (Å²) in [7, 11) is 2.75. The third-order valence-electron chi connectivity index (χ3n) is 3.73. The highest BCUT2D eigenvalue weighted by molar-refractivity contribution is 7.16. The van der Waals surface area contributed by atoms with Crippen LogP contribution in [0.4, 0.5) is 5.13 Å². The first-order valence-electron chi connectivity index (χ1n) is 7.51. The second kappa shape index (κ2) is 6.96. The van der Waals surface area contributed by atoms with Crippen LogP contribution in [0.3, 0.4) is 0 Å². The number of aromatic amines is 1. The summed E-state index contributed by atoms with van der Waals surface area (Å²) < 4.78 is 9.75. The molecule has 9 heteroatoms. The van der Waals surface area contributed by atoms with Crippen molar-refractivity contribution in [1.29, 1.82) is 0 Å². The molecule has 0 saturated carbocycles. The molecule has 134 valence electrons. The summed E-state index contributed by atoms with van der Waals surface area (Å²) in [4.78, 5) is 44.3. The molecular weight excluding hydrogens is 358 g/mol. The Balaban J connectivity index is 1.94. The zero-order valence-electron chi connectivity index (χ0n) is 14.2. The molecule has 0 aliphatic heterocycles. The van der Waals surface area contributed by atoms with E-state index >= 15 is 0 Å². The van der Waals surface area contributed by atoms with Gasteiger partial charge in [-0.05, 0) is 25.1 Å². The molecule has 0 radical (unpaired) electrons. The van der Waals surface area contributed by atoms with E-state index in [-0.39, 0.29) is 16.4 Å². The Morgan fingerprint density at radius 1 is 1.27 bits per heavy atom. The van der Waals surface area contributed by atoms with Gasteiger partial charge in [-0.25, -0.2) is 9.78 Å². The van der Waals surface area contributed by atoms with Gasteiger partial charge in [-0.3, -0.25) is 14.9 Å². The summed E-state index contributed by atoms with van der Waals surface area (Å²) in [5.74, 6) is -0.699. The summed E-state index contributed by atoms with van der Waals surface area (Å²) in [6, 6.07) is 4.97. The van der Waals surface area contributed by atoms with Crippen LogP contribution in [0.25, 0.3) is 10.9 Å². The van der Waals surface area contributed by atoms with E-state index in [0.717, 1.165) is 11.3 Å². The van der Waals surface area contributed by atoms with Gasteiger partial charge in [0.1, 0.15) is 11.3 Å². The number of hydrogen-bond donors (Lipinski definition) is 2. The molecule has 1 amide bonds. The maximum Gasteiger partial charge on any atom is 0.357 e. The third-order valence-corrected chi connectivity index (χ3v) is 4.61. The van der Waals surface area contributed by atoms with Gasteiger partial charge in [-0.2, -0.15) is 0 Å². The van der Waals surface area contributed by atoms with E-state index in [1.807, 2.05) is 0 Å². The topological polar surface area (TPSA) is 110 Å². The number of carbonyl (C=O) groups is 2. The van der Waals surface area contributed by atoms with Gasteiger partial charge in [0.15, 0.2) is 10.8 Å². The smallest absolute Gasteiger partial charge is 0.357 e. The number of nitrogens with one attached hydrogen (secondary N) is 2. The zero-order chi connectivity index (χ0) is 18.8. The van der Waals surface area contributed by atoms with Crippen LogP contribution in [0.15, 0.2) is 29.2 Å². The molecule has 8 nitrogen and oxygen atoms in total. The number of aromatic nitrogens is 2. The second-order valence-corrected chi connectivity index (χ2v) is 6.52. The minimum Gasteiger partial charge on any atom is -0.497 e. The Bertz CT molecular complexity index is 1070. The molecule has 3 rings (SSSR count). The molecule has 0 spiro atoms. The number of carbonyl (C=O) groups excluding carboxylic acids is 2. The van der Waals surface area contributed by atoms with Crippen molar-refractivity contribution in [3.8, 4) is 5.75 Å². The zero-order valence-corrected chi connectivity index (χ0v) is 15.0. The summed E-state index contributed by atoms with van der Waals surface area (Å²) in [6.45, 7) is 1.69. The van der Waals surface area contributed by atoms with Crippen LogP contribution >= 0.6 is 11.3 Å². The van der Waals surface area contributed by atoms with Gasteiger partial charge in [0.25, 0.3) is 5.91 Å². The monoisotopic (exact) mass is 373 g/mol. The Kier molecular flexibility index (Phi) is 4.72. The van der Waals surface area contributed by atoms with Gasteiger partial charge in [0.05, 0.1) is 14.2 Å². The predicted molar refractivity (Wildman–Crippen MR) is 97.3 cm³/mol. The van der Waals surface area contributed by atoms with Crippen LogP contribution in [0.1, 0.15) is 25.7 Å². The predicted octanol–water partition coefficient (Wildman–Crippen LogP) is 2.34. The van der Waals surface area contributed by atoms with E-state index in [4.69, 9.17) is 4.74 Å². The number of fused-ring (bicyclic) bond motifs is 1. The summed E-state index contributed by atoms with van der Waals surface area (Å²) in [6.07, 6.45) is 1.34. The lowest BCUT2D eigenvalue weighted by Crippen LogP contribution is -2.22. The van der Waals surface area contributed by atoms with Gasteiger partial charge in [-0.1, -0.05) is 0 Å². The van der Waals surface area contributed by atoms with E-state index in [2.05, 4.69) is 20.0 Å². The van der Waals surface area contributed by atoms with E-state index < -0.39 is 17.3 Å². The summed E-state index contributed by atoms with van der Waals surface area (Å²) >= 11 is 1.12. The SMILES string of the molecule is COC(=O)c1nc(NC(=O)c2c[nH]c3ccc(OC)cc3c2=O)sc1C. The quantitative estimate of drug-likeness (QED) is 0.679. The van der Waals surface area contributed by atoms with Crippen molar-refractivity contribution >= 4 is 39.2 Å². The Morgan fingerprint density at radius 2 is 2.04 bits per heavy atom. The number of thiazole rings is 1. The molecule has 3 aromatic rings. The Hall–Kier alpha value is -3.20. The minimum absolute atomic E-state index is 0.0711. The molecule has 0 fully saturated rings. The largest absolute Gasteiger partial charge is 0.497 e. The molecule has 0 aliphatic rings. The number of amides is 1. The van der Waals surface area contributed by atoms with Crippen molar-refractivity contribution in [2.24, 2.45) is 0 Å². The third kappa shape index (κ3) is 3.16. The van der Waals surface area contributed by atoms with Crippen molar-refractivity contribution in [2.75, 3.05) is 19.5 Å². The fourth-order valence-corrected chi connectivity index (χ4v) is 3.19. The molecule has 2 aromatic heterocycles. The number of rotatable bonds is 4. The van der Waals surface area contributed by atoms with Gasteiger partial charge in [0, 0.05) is 22.0 Å². The first-order valence-corrected chi connectivity index (χ1v) is 8.32. The molecule has 26 heavy (non-hydrogen) atoms. The average Bonchev–Trinajstić information content (AvgIpc) is 3.01. The Morgan fingerprint density at radius 3 is 2.73 bits per heavy atom. The maximum atomic E-state index is 12.6. The van der Waals surface area contributed by atoms with Crippen molar-refractivity contribution in [1.82, 2.24) is 9.97 Å². The number of hydrogen-bond acceptors (Lipinski definition) is 7. The summed E-state index contributed by atoms with van der Waals surface area (Å²) in [5, 5.41) is 3.08. The van der Waals surface area contributed by atoms with Crippen LogP contribution in [0.2, 0.25) is 0 Å². The van der Waals surface area contributed by atoms with Crippen LogP contribution < -0.4 is 15.5 Å².